The van der Waals surface area contributed by atoms with E-state index >= 15 is 0 Å². The molecule has 6 nitrogen and oxygen atoms in total. The molecule has 1 aromatic carbocycles. The molecule has 1 aliphatic rings. The number of aryl methyl sites for hydroxylation is 2. The van der Waals surface area contributed by atoms with Crippen molar-refractivity contribution in [2.24, 2.45) is 17.6 Å². The first kappa shape index (κ1) is 20.1. The van der Waals surface area contributed by atoms with Gasteiger partial charge in [-0.05, 0) is 43.4 Å². The van der Waals surface area contributed by atoms with Gasteiger partial charge in [-0.25, -0.2) is 0 Å². The molecule has 4 N–H and O–H groups in total. The Morgan fingerprint density at radius 1 is 1.11 bits per heavy atom. The summed E-state index contributed by atoms with van der Waals surface area (Å²) in [4.78, 5) is 36.4. The molecule has 0 aliphatic heterocycles. The summed E-state index contributed by atoms with van der Waals surface area (Å²) in [5.41, 5.74) is 9.65. The first-order chi connectivity index (χ1) is 13.3. The van der Waals surface area contributed by atoms with Crippen LogP contribution in [0.3, 0.4) is 0 Å². The van der Waals surface area contributed by atoms with Gasteiger partial charge in [-0.1, -0.05) is 31.0 Å². The van der Waals surface area contributed by atoms with Crippen LogP contribution >= 0.6 is 11.3 Å². The molecule has 1 aromatic heterocycles. The third kappa shape index (κ3) is 3.94. The number of hydrogen-bond acceptors (Lipinski definition) is 4. The van der Waals surface area contributed by atoms with Crippen molar-refractivity contribution < 1.29 is 19.5 Å². The molecule has 1 heterocycles. The number of amides is 2. The smallest absolute Gasteiger partial charge is 0.307 e. The van der Waals surface area contributed by atoms with Gasteiger partial charge >= 0.3 is 5.97 Å². The van der Waals surface area contributed by atoms with Crippen molar-refractivity contribution in [2.75, 3.05) is 5.32 Å². The van der Waals surface area contributed by atoms with Gasteiger partial charge in [-0.3, -0.25) is 14.4 Å². The normalized spacial score (nSPS) is 19.2. The van der Waals surface area contributed by atoms with Gasteiger partial charge in [-0.15, -0.1) is 11.3 Å². The summed E-state index contributed by atoms with van der Waals surface area (Å²) < 4.78 is 0. The zero-order chi connectivity index (χ0) is 20.4. The van der Waals surface area contributed by atoms with Crippen molar-refractivity contribution in [1.82, 2.24) is 0 Å². The van der Waals surface area contributed by atoms with Gasteiger partial charge in [-0.2, -0.15) is 0 Å². The molecule has 0 spiro atoms. The summed E-state index contributed by atoms with van der Waals surface area (Å²) in [6.45, 7) is 4.00. The van der Waals surface area contributed by atoms with Gasteiger partial charge in [0, 0.05) is 10.9 Å². The minimum Gasteiger partial charge on any atom is -0.481 e. The molecule has 0 radical (unpaired) electrons. The van der Waals surface area contributed by atoms with Gasteiger partial charge < -0.3 is 16.2 Å². The minimum absolute atomic E-state index is 0.268. The number of hydrogen-bond donors (Lipinski definition) is 3. The molecule has 0 saturated heterocycles. The summed E-state index contributed by atoms with van der Waals surface area (Å²) in [5.74, 6) is -3.22. The largest absolute Gasteiger partial charge is 0.481 e. The molecule has 3 rings (SSSR count). The lowest BCUT2D eigenvalue weighted by Crippen LogP contribution is -2.36. The van der Waals surface area contributed by atoms with Gasteiger partial charge in [0.2, 0.25) is 5.91 Å². The van der Waals surface area contributed by atoms with E-state index in [2.05, 4.69) is 5.32 Å². The molecule has 0 bridgehead atoms. The molecule has 148 valence electrons. The van der Waals surface area contributed by atoms with E-state index < -0.39 is 23.7 Å². The molecular formula is C21H24N2O4S. The number of rotatable bonds is 5. The van der Waals surface area contributed by atoms with Crippen molar-refractivity contribution >= 4 is 34.1 Å². The van der Waals surface area contributed by atoms with E-state index in [-0.39, 0.29) is 11.5 Å². The van der Waals surface area contributed by atoms with Gasteiger partial charge in [0.25, 0.3) is 5.91 Å². The second kappa shape index (κ2) is 8.14. The number of carboxylic acids is 1. The van der Waals surface area contributed by atoms with Crippen molar-refractivity contribution in [3.63, 3.8) is 0 Å². The van der Waals surface area contributed by atoms with Crippen LogP contribution in [0, 0.1) is 25.7 Å². The first-order valence-corrected chi connectivity index (χ1v) is 10.2. The van der Waals surface area contributed by atoms with Crippen LogP contribution in [-0.2, 0) is 9.59 Å². The molecule has 28 heavy (non-hydrogen) atoms. The molecule has 2 atom stereocenters. The lowest BCUT2D eigenvalue weighted by atomic mass is 9.78. The number of aliphatic carboxylic acids is 1. The van der Waals surface area contributed by atoms with Crippen LogP contribution < -0.4 is 11.1 Å². The Morgan fingerprint density at radius 3 is 2.39 bits per heavy atom. The van der Waals surface area contributed by atoms with Crippen molar-refractivity contribution in [3.8, 4) is 11.1 Å². The summed E-state index contributed by atoms with van der Waals surface area (Å²) in [5, 5.41) is 14.4. The quantitative estimate of drug-likeness (QED) is 0.705. The van der Waals surface area contributed by atoms with Gasteiger partial charge in [0.1, 0.15) is 5.00 Å². The number of carbonyl (C=O) groups excluding carboxylic acids is 2. The van der Waals surface area contributed by atoms with Crippen LogP contribution in [0.4, 0.5) is 5.00 Å². The highest BCUT2D eigenvalue weighted by Gasteiger charge is 2.36. The topological polar surface area (TPSA) is 109 Å². The number of primary amides is 1. The Morgan fingerprint density at radius 2 is 1.79 bits per heavy atom. The van der Waals surface area contributed by atoms with E-state index in [1.807, 2.05) is 32.0 Å². The second-order valence-electron chi connectivity index (χ2n) is 7.34. The molecular weight excluding hydrogens is 376 g/mol. The molecule has 2 amide bonds. The summed E-state index contributed by atoms with van der Waals surface area (Å²) in [6, 6.07) is 5.88. The maximum Gasteiger partial charge on any atom is 0.307 e. The van der Waals surface area contributed by atoms with Crippen LogP contribution in [0.25, 0.3) is 11.1 Å². The highest BCUT2D eigenvalue weighted by Crippen LogP contribution is 2.37. The first-order valence-electron chi connectivity index (χ1n) is 9.32. The maximum atomic E-state index is 12.8. The van der Waals surface area contributed by atoms with Crippen LogP contribution in [0.1, 0.15) is 47.2 Å². The second-order valence-corrected chi connectivity index (χ2v) is 8.22. The Labute approximate surface area is 167 Å². The number of nitrogens with two attached hydrogens (primary N) is 1. The van der Waals surface area contributed by atoms with Crippen LogP contribution in [0.15, 0.2) is 23.6 Å². The van der Waals surface area contributed by atoms with Crippen LogP contribution in [-0.4, -0.2) is 22.9 Å². The van der Waals surface area contributed by atoms with E-state index in [9.17, 15) is 19.5 Å². The van der Waals surface area contributed by atoms with E-state index in [4.69, 9.17) is 5.73 Å². The van der Waals surface area contributed by atoms with E-state index in [0.717, 1.165) is 29.5 Å². The maximum absolute atomic E-state index is 12.8. The van der Waals surface area contributed by atoms with E-state index in [1.54, 1.807) is 5.38 Å². The summed E-state index contributed by atoms with van der Waals surface area (Å²) in [6.07, 6.45) is 2.66. The van der Waals surface area contributed by atoms with Crippen LogP contribution in [0.2, 0.25) is 0 Å². The molecule has 2 aromatic rings. The lowest BCUT2D eigenvalue weighted by Gasteiger charge is -2.27. The number of thiophene rings is 1. The molecule has 7 heteroatoms. The number of carbonyl (C=O) groups is 3. The Kier molecular flexibility index (Phi) is 5.84. The fraction of sp³-hybridized carbons (Fsp3) is 0.381. The molecule has 1 fully saturated rings. The minimum atomic E-state index is -0.947. The zero-order valence-electron chi connectivity index (χ0n) is 16.0. The zero-order valence-corrected chi connectivity index (χ0v) is 16.8. The van der Waals surface area contributed by atoms with Crippen molar-refractivity contribution in [3.05, 3.63) is 40.3 Å². The molecule has 1 aliphatic carbocycles. The lowest BCUT2D eigenvalue weighted by molar-refractivity contribution is -0.147. The third-order valence-corrected chi connectivity index (χ3v) is 6.41. The number of carboxylic acid groups (broad SMARTS) is 1. The van der Waals surface area contributed by atoms with Gasteiger partial charge in [0.05, 0.1) is 17.4 Å². The Hall–Kier alpha value is -2.67. The highest BCUT2D eigenvalue weighted by molar-refractivity contribution is 7.15. The fourth-order valence-corrected chi connectivity index (χ4v) is 4.74. The number of benzene rings is 1. The predicted octanol–water partition coefficient (Wildman–Crippen LogP) is 3.96. The Bertz CT molecular complexity index is 934. The Balaban J connectivity index is 1.91. The van der Waals surface area contributed by atoms with Crippen LogP contribution in [0.5, 0.6) is 0 Å². The van der Waals surface area contributed by atoms with E-state index in [0.29, 0.717) is 23.4 Å². The van der Waals surface area contributed by atoms with Crippen molar-refractivity contribution in [2.45, 2.75) is 39.5 Å². The molecule has 2 unspecified atom stereocenters. The predicted molar refractivity (Wildman–Crippen MR) is 109 cm³/mol. The SMILES string of the molecule is Cc1ccc(-c2csc(NC(=O)C3CCCCC3C(=O)O)c2C(N)=O)cc1C. The third-order valence-electron chi connectivity index (χ3n) is 5.51. The van der Waals surface area contributed by atoms with Crippen molar-refractivity contribution in [1.29, 1.82) is 0 Å². The average Bonchev–Trinajstić information content (AvgIpc) is 3.07. The summed E-state index contributed by atoms with van der Waals surface area (Å²) in [7, 11) is 0. The standard InChI is InChI=1S/C21H24N2O4S/c1-11-7-8-13(9-12(11)2)16-10-28-20(17(16)18(22)24)23-19(25)14-5-3-4-6-15(14)21(26)27/h7-10,14-15H,3-6H2,1-2H3,(H2,22,24)(H,23,25)(H,26,27). The average molecular weight is 401 g/mol. The fourth-order valence-electron chi connectivity index (χ4n) is 3.76. The van der Waals surface area contributed by atoms with E-state index in [1.165, 1.54) is 11.3 Å². The summed E-state index contributed by atoms with van der Waals surface area (Å²) >= 11 is 1.23. The highest BCUT2D eigenvalue weighted by atomic mass is 32.1. The number of anilines is 1. The number of nitrogens with one attached hydrogen (secondary N) is 1. The molecule has 1 saturated carbocycles. The monoisotopic (exact) mass is 400 g/mol. The van der Waals surface area contributed by atoms with Gasteiger partial charge in [0.15, 0.2) is 0 Å².